The van der Waals surface area contributed by atoms with Crippen LogP contribution in [0, 0.1) is 5.82 Å². The molecule has 1 aliphatic heterocycles. The molecule has 1 amide bonds. The number of nitrogens with one attached hydrogen (secondary N) is 1. The van der Waals surface area contributed by atoms with E-state index < -0.39 is 23.2 Å². The van der Waals surface area contributed by atoms with Crippen molar-refractivity contribution >= 4 is 32.8 Å². The Morgan fingerprint density at radius 1 is 1.27 bits per heavy atom. The summed E-state index contributed by atoms with van der Waals surface area (Å²) in [6, 6.07) is 5.81. The van der Waals surface area contributed by atoms with Crippen LogP contribution in [0.25, 0.3) is 11.0 Å². The molecule has 4 rings (SSSR count). The van der Waals surface area contributed by atoms with Crippen LogP contribution in [0.5, 0.6) is 11.5 Å². The summed E-state index contributed by atoms with van der Waals surface area (Å²) in [4.78, 5) is 25.2. The summed E-state index contributed by atoms with van der Waals surface area (Å²) in [5, 5.41) is 12.7. The Morgan fingerprint density at radius 2 is 2.04 bits per heavy atom. The zero-order valence-corrected chi connectivity index (χ0v) is 14.9. The van der Waals surface area contributed by atoms with E-state index in [4.69, 9.17) is 9.15 Å². The van der Waals surface area contributed by atoms with Crippen molar-refractivity contribution < 1.29 is 23.4 Å². The van der Waals surface area contributed by atoms with Crippen molar-refractivity contribution in [2.24, 2.45) is 0 Å². The molecule has 0 aliphatic carbocycles. The lowest BCUT2D eigenvalue weighted by Gasteiger charge is -2.14. The smallest absolute Gasteiger partial charge is 0.288 e. The molecule has 0 radical (unpaired) electrons. The fourth-order valence-electron chi connectivity index (χ4n) is 3.05. The van der Waals surface area contributed by atoms with Crippen molar-refractivity contribution in [2.75, 3.05) is 7.11 Å². The summed E-state index contributed by atoms with van der Waals surface area (Å²) >= 11 is 3.21. The van der Waals surface area contributed by atoms with E-state index >= 15 is 0 Å². The molecule has 26 heavy (non-hydrogen) atoms. The molecule has 1 atom stereocenters. The second-order valence-corrected chi connectivity index (χ2v) is 6.63. The Bertz CT molecular complexity index is 1140. The van der Waals surface area contributed by atoms with Gasteiger partial charge in [0.15, 0.2) is 16.9 Å². The topological polar surface area (TPSA) is 88.8 Å². The van der Waals surface area contributed by atoms with Gasteiger partial charge in [-0.1, -0.05) is 0 Å². The summed E-state index contributed by atoms with van der Waals surface area (Å²) < 4.78 is 24.5. The minimum atomic E-state index is -0.813. The normalized spacial score (nSPS) is 15.8. The highest BCUT2D eigenvalue weighted by Crippen LogP contribution is 2.40. The summed E-state index contributed by atoms with van der Waals surface area (Å²) in [7, 11) is 1.39. The van der Waals surface area contributed by atoms with Gasteiger partial charge in [0.25, 0.3) is 5.91 Å². The first-order chi connectivity index (χ1) is 12.4. The first-order valence-electron chi connectivity index (χ1n) is 7.54. The Morgan fingerprint density at radius 3 is 2.77 bits per heavy atom. The van der Waals surface area contributed by atoms with Gasteiger partial charge in [0.05, 0.1) is 28.6 Å². The van der Waals surface area contributed by atoms with Crippen LogP contribution in [0.1, 0.15) is 27.7 Å². The van der Waals surface area contributed by atoms with E-state index in [1.165, 1.54) is 19.2 Å². The van der Waals surface area contributed by atoms with Crippen LogP contribution in [-0.4, -0.2) is 18.1 Å². The second kappa shape index (κ2) is 5.84. The predicted molar refractivity (Wildman–Crippen MR) is 94.1 cm³/mol. The molecule has 0 saturated carbocycles. The van der Waals surface area contributed by atoms with E-state index in [2.05, 4.69) is 21.2 Å². The van der Waals surface area contributed by atoms with Crippen LogP contribution in [0.3, 0.4) is 0 Å². The Kier molecular flexibility index (Phi) is 3.73. The lowest BCUT2D eigenvalue weighted by atomic mass is 9.99. The van der Waals surface area contributed by atoms with Crippen LogP contribution in [0.4, 0.5) is 4.39 Å². The van der Waals surface area contributed by atoms with Gasteiger partial charge in [-0.3, -0.25) is 9.59 Å². The molecule has 0 fully saturated rings. The van der Waals surface area contributed by atoms with Gasteiger partial charge in [0.1, 0.15) is 11.4 Å². The lowest BCUT2D eigenvalue weighted by Crippen LogP contribution is -2.22. The van der Waals surface area contributed by atoms with Crippen LogP contribution >= 0.6 is 15.9 Å². The molecule has 132 valence electrons. The molecule has 0 bridgehead atoms. The Hall–Kier alpha value is -2.87. The average molecular weight is 420 g/mol. The lowest BCUT2D eigenvalue weighted by molar-refractivity contribution is 0.0938. The van der Waals surface area contributed by atoms with Gasteiger partial charge in [-0.25, -0.2) is 4.39 Å². The third kappa shape index (κ3) is 2.37. The number of phenolic OH excluding ortho intramolecular Hbond substituents is 1. The van der Waals surface area contributed by atoms with E-state index in [1.54, 1.807) is 6.07 Å². The molecular weight excluding hydrogens is 409 g/mol. The standard InChI is InChI=1S/C18H11BrFNO5/c1-25-12-5-7(4-10(19)16(12)23)14-13-15(22)9-6-8(20)2-3-11(9)26-17(13)18(24)21-14/h2-6,14,23H,1H3,(H,21,24). The summed E-state index contributed by atoms with van der Waals surface area (Å²) in [6.07, 6.45) is 0. The molecule has 3 aromatic rings. The monoisotopic (exact) mass is 419 g/mol. The molecule has 2 N–H and O–H groups in total. The number of halogens is 2. The fourth-order valence-corrected chi connectivity index (χ4v) is 3.51. The van der Waals surface area contributed by atoms with E-state index in [1.807, 2.05) is 0 Å². The maximum Gasteiger partial charge on any atom is 0.288 e. The number of carbonyl (C=O) groups is 1. The van der Waals surface area contributed by atoms with Gasteiger partial charge in [-0.05, 0) is 51.8 Å². The van der Waals surface area contributed by atoms with E-state index in [-0.39, 0.29) is 33.8 Å². The maximum absolute atomic E-state index is 13.5. The third-order valence-electron chi connectivity index (χ3n) is 4.26. The first-order valence-corrected chi connectivity index (χ1v) is 8.33. The number of rotatable bonds is 2. The SMILES string of the molecule is COc1cc(C2NC(=O)c3oc4ccc(F)cc4c(=O)c32)cc(Br)c1O. The van der Waals surface area contributed by atoms with Gasteiger partial charge in [0, 0.05) is 0 Å². The molecule has 1 unspecified atom stereocenters. The molecule has 6 nitrogen and oxygen atoms in total. The minimum absolute atomic E-state index is 0.0510. The second-order valence-electron chi connectivity index (χ2n) is 5.77. The molecule has 1 aliphatic rings. The zero-order valence-electron chi connectivity index (χ0n) is 13.3. The molecule has 2 heterocycles. The van der Waals surface area contributed by atoms with Gasteiger partial charge < -0.3 is 19.6 Å². The quantitative estimate of drug-likeness (QED) is 0.665. The van der Waals surface area contributed by atoms with Crippen LogP contribution in [0.2, 0.25) is 0 Å². The fraction of sp³-hybridized carbons (Fsp3) is 0.111. The van der Waals surface area contributed by atoms with Crippen molar-refractivity contribution in [3.8, 4) is 11.5 Å². The number of carbonyl (C=O) groups excluding carboxylic acids is 1. The first kappa shape index (κ1) is 16.6. The Balaban J connectivity index is 1.98. The summed E-state index contributed by atoms with van der Waals surface area (Å²) in [6.45, 7) is 0. The highest BCUT2D eigenvalue weighted by molar-refractivity contribution is 9.10. The van der Waals surface area contributed by atoms with Gasteiger partial charge >= 0.3 is 0 Å². The van der Waals surface area contributed by atoms with Crippen molar-refractivity contribution in [3.63, 3.8) is 0 Å². The number of hydrogen-bond acceptors (Lipinski definition) is 5. The number of amides is 1. The predicted octanol–water partition coefficient (Wildman–Crippen LogP) is 3.24. The van der Waals surface area contributed by atoms with Gasteiger partial charge in [-0.2, -0.15) is 0 Å². The number of fused-ring (bicyclic) bond motifs is 2. The largest absolute Gasteiger partial charge is 0.503 e. The van der Waals surface area contributed by atoms with Gasteiger partial charge in [0.2, 0.25) is 5.76 Å². The highest BCUT2D eigenvalue weighted by Gasteiger charge is 2.36. The van der Waals surface area contributed by atoms with E-state index in [9.17, 15) is 19.1 Å². The molecule has 2 aromatic carbocycles. The Labute approximate surface area is 154 Å². The number of phenols is 1. The number of ether oxygens (including phenoxy) is 1. The summed E-state index contributed by atoms with van der Waals surface area (Å²) in [5.41, 5.74) is 0.233. The van der Waals surface area contributed by atoms with E-state index in [0.717, 1.165) is 12.1 Å². The number of methoxy groups -OCH3 is 1. The van der Waals surface area contributed by atoms with Crippen LogP contribution < -0.4 is 15.5 Å². The van der Waals surface area contributed by atoms with Crippen molar-refractivity contribution in [2.45, 2.75) is 6.04 Å². The van der Waals surface area contributed by atoms with Crippen molar-refractivity contribution in [1.29, 1.82) is 0 Å². The highest BCUT2D eigenvalue weighted by atomic mass is 79.9. The zero-order chi connectivity index (χ0) is 18.6. The average Bonchev–Trinajstić information content (AvgIpc) is 2.95. The third-order valence-corrected chi connectivity index (χ3v) is 4.87. The van der Waals surface area contributed by atoms with Crippen molar-refractivity contribution in [1.82, 2.24) is 5.32 Å². The van der Waals surface area contributed by atoms with Crippen LogP contribution in [0.15, 0.2) is 44.0 Å². The van der Waals surface area contributed by atoms with Gasteiger partial charge in [-0.15, -0.1) is 0 Å². The van der Waals surface area contributed by atoms with Crippen LogP contribution in [-0.2, 0) is 0 Å². The van der Waals surface area contributed by atoms with Crippen molar-refractivity contribution in [3.05, 3.63) is 67.7 Å². The summed E-state index contributed by atoms with van der Waals surface area (Å²) in [5.74, 6) is -1.16. The molecule has 0 spiro atoms. The molecule has 8 heteroatoms. The molecular formula is C18H11BrFNO5. The minimum Gasteiger partial charge on any atom is -0.503 e. The number of hydrogen-bond donors (Lipinski definition) is 2. The van der Waals surface area contributed by atoms with E-state index in [0.29, 0.717) is 10.0 Å². The number of benzene rings is 2. The molecule has 1 aromatic heterocycles. The number of aromatic hydroxyl groups is 1. The maximum atomic E-state index is 13.5. The molecule has 0 saturated heterocycles.